The summed E-state index contributed by atoms with van der Waals surface area (Å²) < 4.78 is 0. The van der Waals surface area contributed by atoms with Crippen molar-refractivity contribution in [3.8, 4) is 11.1 Å². The van der Waals surface area contributed by atoms with Crippen LogP contribution in [0.3, 0.4) is 0 Å². The van der Waals surface area contributed by atoms with E-state index in [1.54, 1.807) is 23.6 Å². The van der Waals surface area contributed by atoms with Crippen molar-refractivity contribution in [3.05, 3.63) is 59.2 Å². The van der Waals surface area contributed by atoms with E-state index in [4.69, 9.17) is 4.99 Å². The van der Waals surface area contributed by atoms with Crippen LogP contribution in [0.4, 0.5) is 0 Å². The van der Waals surface area contributed by atoms with Gasteiger partial charge in [0.1, 0.15) is 11.4 Å². The second-order valence-electron chi connectivity index (χ2n) is 9.77. The van der Waals surface area contributed by atoms with Crippen LogP contribution in [0.5, 0.6) is 0 Å². The standard InChI is InChI=1S/C28H32N4O3/c1-4-32-26(29-28(27(32)35)12-15-30(16-13-28)19(2)33)22-7-5-21(6-8-22)23-9-10-25-18-31(20(3)34)14-11-24(25)17-23/h5-10,17H,4,11-16,18H2,1-3H3. The van der Waals surface area contributed by atoms with E-state index in [-0.39, 0.29) is 17.7 Å². The summed E-state index contributed by atoms with van der Waals surface area (Å²) in [4.78, 5) is 47.3. The Kier molecular flexibility index (Phi) is 5.95. The van der Waals surface area contributed by atoms with Gasteiger partial charge in [0.2, 0.25) is 11.8 Å². The fourth-order valence-electron chi connectivity index (χ4n) is 5.50. The van der Waals surface area contributed by atoms with Gasteiger partial charge in [-0.3, -0.25) is 24.3 Å². The predicted octanol–water partition coefficient (Wildman–Crippen LogP) is 3.25. The SMILES string of the molecule is CCN1C(=O)C2(CCN(C(C)=O)CC2)N=C1c1ccc(-c2ccc3c(c2)CCN(C(C)=O)C3)cc1. The van der Waals surface area contributed by atoms with Crippen LogP contribution in [-0.4, -0.2) is 70.0 Å². The number of carbonyl (C=O) groups is 3. The van der Waals surface area contributed by atoms with Gasteiger partial charge in [0.25, 0.3) is 5.91 Å². The summed E-state index contributed by atoms with van der Waals surface area (Å²) in [5.74, 6) is 0.957. The quantitative estimate of drug-likeness (QED) is 0.688. The van der Waals surface area contributed by atoms with E-state index in [0.29, 0.717) is 39.0 Å². The smallest absolute Gasteiger partial charge is 0.256 e. The van der Waals surface area contributed by atoms with Crippen LogP contribution in [-0.2, 0) is 27.3 Å². The number of rotatable bonds is 3. The number of carbonyl (C=O) groups excluding carboxylic acids is 3. The van der Waals surface area contributed by atoms with Crippen LogP contribution in [0, 0.1) is 0 Å². The molecule has 3 aliphatic rings. The van der Waals surface area contributed by atoms with Crippen molar-refractivity contribution in [3.63, 3.8) is 0 Å². The average molecular weight is 473 g/mol. The van der Waals surface area contributed by atoms with E-state index < -0.39 is 5.54 Å². The molecule has 7 nitrogen and oxygen atoms in total. The molecule has 1 fully saturated rings. The molecule has 3 aliphatic heterocycles. The molecule has 0 unspecified atom stereocenters. The highest BCUT2D eigenvalue weighted by atomic mass is 16.2. The summed E-state index contributed by atoms with van der Waals surface area (Å²) in [6, 6.07) is 14.7. The third kappa shape index (κ3) is 4.13. The molecular formula is C28H32N4O3. The zero-order valence-corrected chi connectivity index (χ0v) is 20.7. The highest BCUT2D eigenvalue weighted by Gasteiger charge is 2.49. The number of amides is 3. The minimum atomic E-state index is -0.748. The number of likely N-dealkylation sites (N-methyl/N-ethyl adjacent to an activating group) is 1. The number of piperidine rings is 1. The van der Waals surface area contributed by atoms with Crippen molar-refractivity contribution in [1.29, 1.82) is 0 Å². The molecule has 7 heteroatoms. The lowest BCUT2D eigenvalue weighted by molar-refractivity contribution is -0.137. The van der Waals surface area contributed by atoms with Crippen molar-refractivity contribution in [2.75, 3.05) is 26.2 Å². The molecule has 1 saturated heterocycles. The minimum absolute atomic E-state index is 0.0517. The van der Waals surface area contributed by atoms with E-state index in [9.17, 15) is 14.4 Å². The van der Waals surface area contributed by atoms with Gasteiger partial charge in [0, 0.05) is 52.1 Å². The van der Waals surface area contributed by atoms with Crippen LogP contribution in [0.15, 0.2) is 47.5 Å². The summed E-state index contributed by atoms with van der Waals surface area (Å²) in [6.07, 6.45) is 2.01. The maximum Gasteiger partial charge on any atom is 0.256 e. The number of likely N-dealkylation sites (tertiary alicyclic amines) is 1. The zero-order valence-electron chi connectivity index (χ0n) is 20.7. The molecule has 1 spiro atoms. The minimum Gasteiger partial charge on any atom is -0.343 e. The van der Waals surface area contributed by atoms with Gasteiger partial charge in [-0.05, 0) is 48.4 Å². The van der Waals surface area contributed by atoms with Crippen LogP contribution in [0.2, 0.25) is 0 Å². The molecule has 0 atom stereocenters. The van der Waals surface area contributed by atoms with E-state index in [1.807, 2.05) is 24.0 Å². The van der Waals surface area contributed by atoms with Crippen molar-refractivity contribution in [1.82, 2.24) is 14.7 Å². The second-order valence-corrected chi connectivity index (χ2v) is 9.77. The lowest BCUT2D eigenvalue weighted by Gasteiger charge is -2.35. The molecule has 2 aromatic rings. The predicted molar refractivity (Wildman–Crippen MR) is 135 cm³/mol. The Bertz CT molecular complexity index is 1210. The van der Waals surface area contributed by atoms with Gasteiger partial charge in [-0.25, -0.2) is 0 Å². The van der Waals surface area contributed by atoms with Gasteiger partial charge in [-0.15, -0.1) is 0 Å². The summed E-state index contributed by atoms with van der Waals surface area (Å²) in [5, 5.41) is 0. The van der Waals surface area contributed by atoms with Gasteiger partial charge in [0.05, 0.1) is 0 Å². The largest absolute Gasteiger partial charge is 0.343 e. The fourth-order valence-corrected chi connectivity index (χ4v) is 5.50. The monoisotopic (exact) mass is 472 g/mol. The van der Waals surface area contributed by atoms with Crippen molar-refractivity contribution in [2.24, 2.45) is 4.99 Å². The number of amidine groups is 1. The molecule has 5 rings (SSSR count). The van der Waals surface area contributed by atoms with Gasteiger partial charge < -0.3 is 9.80 Å². The second kappa shape index (κ2) is 8.95. The van der Waals surface area contributed by atoms with E-state index >= 15 is 0 Å². The Morgan fingerprint density at radius 2 is 1.49 bits per heavy atom. The molecular weight excluding hydrogens is 440 g/mol. The lowest BCUT2D eigenvalue weighted by atomic mass is 9.87. The maximum atomic E-state index is 13.3. The molecule has 0 N–H and O–H groups in total. The molecule has 0 radical (unpaired) electrons. The average Bonchev–Trinajstić information content (AvgIpc) is 3.14. The van der Waals surface area contributed by atoms with Gasteiger partial charge in [0.15, 0.2) is 0 Å². The molecule has 0 saturated carbocycles. The molecule has 2 aromatic carbocycles. The Balaban J connectivity index is 1.38. The first-order valence-electron chi connectivity index (χ1n) is 12.5. The lowest BCUT2D eigenvalue weighted by Crippen LogP contribution is -2.51. The number of nitrogens with zero attached hydrogens (tertiary/aromatic N) is 4. The Morgan fingerprint density at radius 3 is 2.11 bits per heavy atom. The van der Waals surface area contributed by atoms with Gasteiger partial charge in [-0.2, -0.15) is 0 Å². The topological polar surface area (TPSA) is 73.3 Å². The molecule has 182 valence electrons. The first-order chi connectivity index (χ1) is 16.8. The molecule has 35 heavy (non-hydrogen) atoms. The normalized spacial score (nSPS) is 19.1. The molecule has 0 bridgehead atoms. The van der Waals surface area contributed by atoms with Crippen molar-refractivity contribution in [2.45, 2.75) is 52.1 Å². The first-order valence-corrected chi connectivity index (χ1v) is 12.5. The maximum absolute atomic E-state index is 13.3. The summed E-state index contributed by atoms with van der Waals surface area (Å²) >= 11 is 0. The molecule has 0 aromatic heterocycles. The summed E-state index contributed by atoms with van der Waals surface area (Å²) in [5.41, 5.74) is 4.96. The number of benzene rings is 2. The van der Waals surface area contributed by atoms with E-state index in [2.05, 4.69) is 30.3 Å². The van der Waals surface area contributed by atoms with Crippen LogP contribution in [0.1, 0.15) is 50.3 Å². The van der Waals surface area contributed by atoms with E-state index in [0.717, 1.165) is 35.5 Å². The zero-order chi connectivity index (χ0) is 24.7. The summed E-state index contributed by atoms with van der Waals surface area (Å²) in [7, 11) is 0. The fraction of sp³-hybridized carbons (Fsp3) is 0.429. The van der Waals surface area contributed by atoms with Crippen LogP contribution in [0.25, 0.3) is 11.1 Å². The van der Waals surface area contributed by atoms with Gasteiger partial charge >= 0.3 is 0 Å². The number of hydrogen-bond acceptors (Lipinski definition) is 4. The number of hydrogen-bond donors (Lipinski definition) is 0. The van der Waals surface area contributed by atoms with Crippen molar-refractivity contribution >= 4 is 23.6 Å². The molecule has 3 heterocycles. The van der Waals surface area contributed by atoms with E-state index in [1.165, 1.54) is 11.1 Å². The Hall–Kier alpha value is -3.48. The van der Waals surface area contributed by atoms with Crippen LogP contribution < -0.4 is 0 Å². The van der Waals surface area contributed by atoms with Gasteiger partial charge in [-0.1, -0.05) is 42.5 Å². The number of fused-ring (bicyclic) bond motifs is 1. The highest BCUT2D eigenvalue weighted by molar-refractivity contribution is 6.15. The Labute approximate surface area is 206 Å². The molecule has 0 aliphatic carbocycles. The number of aliphatic imine (C=N–C) groups is 1. The summed E-state index contributed by atoms with van der Waals surface area (Å²) in [6.45, 7) is 8.32. The Morgan fingerprint density at radius 1 is 0.857 bits per heavy atom. The molecule has 3 amide bonds. The third-order valence-corrected chi connectivity index (χ3v) is 7.71. The third-order valence-electron chi connectivity index (χ3n) is 7.71. The van der Waals surface area contributed by atoms with Crippen molar-refractivity contribution < 1.29 is 14.4 Å². The first kappa shape index (κ1) is 23.3. The van der Waals surface area contributed by atoms with Crippen LogP contribution >= 0.6 is 0 Å². The highest BCUT2D eigenvalue weighted by Crippen LogP contribution is 2.35.